The first-order valence-electron chi connectivity index (χ1n) is 5.85. The lowest BCUT2D eigenvalue weighted by atomic mass is 9.93. The van der Waals surface area contributed by atoms with Gasteiger partial charge in [0.15, 0.2) is 0 Å². The van der Waals surface area contributed by atoms with E-state index < -0.39 is 0 Å². The van der Waals surface area contributed by atoms with Crippen LogP contribution in [0.4, 0.5) is 0 Å². The topological polar surface area (TPSA) is 17.8 Å². The summed E-state index contributed by atoms with van der Waals surface area (Å²) in [7, 11) is 0. The van der Waals surface area contributed by atoms with Gasteiger partial charge in [-0.1, -0.05) is 66.5 Å². The van der Waals surface area contributed by atoms with Crippen LogP contribution in [0, 0.1) is 0 Å². The molecule has 0 aliphatic heterocycles. The van der Waals surface area contributed by atoms with Gasteiger partial charge in [-0.3, -0.25) is 0 Å². The van der Waals surface area contributed by atoms with E-state index in [9.17, 15) is 0 Å². The van der Waals surface area contributed by atoms with Gasteiger partial charge in [-0.05, 0) is 17.7 Å². The van der Waals surface area contributed by atoms with E-state index in [2.05, 4.69) is 47.9 Å². The molecular formula is C14H16BrClN2. The van der Waals surface area contributed by atoms with Crippen LogP contribution in [0.15, 0.2) is 34.8 Å². The van der Waals surface area contributed by atoms with E-state index in [1.165, 1.54) is 5.56 Å². The quantitative estimate of drug-likeness (QED) is 0.785. The molecule has 2 rings (SSSR count). The van der Waals surface area contributed by atoms with Gasteiger partial charge >= 0.3 is 0 Å². The lowest BCUT2D eigenvalue weighted by Gasteiger charge is -2.14. The number of hydrogen-bond donors (Lipinski definition) is 0. The highest BCUT2D eigenvalue weighted by Crippen LogP contribution is 2.25. The molecule has 0 aliphatic rings. The summed E-state index contributed by atoms with van der Waals surface area (Å²) < 4.78 is 2.91. The van der Waals surface area contributed by atoms with Crippen molar-refractivity contribution in [3.8, 4) is 0 Å². The molecule has 1 aromatic carbocycles. The van der Waals surface area contributed by atoms with Gasteiger partial charge in [-0.15, -0.1) is 0 Å². The molecule has 0 aliphatic carbocycles. The molecule has 0 amide bonds. The second-order valence-corrected chi connectivity index (χ2v) is 6.59. The summed E-state index contributed by atoms with van der Waals surface area (Å²) in [6, 6.07) is 10.1. The molecule has 2 nitrogen and oxygen atoms in total. The van der Waals surface area contributed by atoms with E-state index in [4.69, 9.17) is 11.6 Å². The Balaban J connectivity index is 2.31. The lowest BCUT2D eigenvalue weighted by molar-refractivity contribution is 0.545. The number of hydrogen-bond acceptors (Lipinski definition) is 1. The maximum absolute atomic E-state index is 6.24. The van der Waals surface area contributed by atoms with Crippen LogP contribution in [-0.4, -0.2) is 9.78 Å². The molecule has 0 spiro atoms. The van der Waals surface area contributed by atoms with E-state index in [-0.39, 0.29) is 5.41 Å². The molecule has 0 unspecified atom stereocenters. The van der Waals surface area contributed by atoms with Crippen molar-refractivity contribution in [2.24, 2.45) is 0 Å². The summed E-state index contributed by atoms with van der Waals surface area (Å²) in [4.78, 5) is 0. The van der Waals surface area contributed by atoms with Gasteiger partial charge in [0, 0.05) is 9.89 Å². The van der Waals surface area contributed by atoms with Gasteiger partial charge < -0.3 is 0 Å². The zero-order valence-electron chi connectivity index (χ0n) is 10.7. The molecule has 0 saturated carbocycles. The molecule has 18 heavy (non-hydrogen) atoms. The predicted molar refractivity (Wildman–Crippen MR) is 79.2 cm³/mol. The molecule has 0 saturated heterocycles. The fourth-order valence-electron chi connectivity index (χ4n) is 1.66. The highest BCUT2D eigenvalue weighted by atomic mass is 79.9. The van der Waals surface area contributed by atoms with Gasteiger partial charge in [0.25, 0.3) is 0 Å². The van der Waals surface area contributed by atoms with Crippen molar-refractivity contribution in [1.29, 1.82) is 0 Å². The van der Waals surface area contributed by atoms with Crippen LogP contribution in [0.1, 0.15) is 32.0 Å². The predicted octanol–water partition coefficient (Wildman–Crippen LogP) is 4.64. The van der Waals surface area contributed by atoms with Crippen molar-refractivity contribution >= 4 is 27.5 Å². The minimum Gasteiger partial charge on any atom is -0.249 e. The zero-order valence-corrected chi connectivity index (χ0v) is 13.1. The standard InChI is InChI=1S/C14H16BrClN2/c1-14(2,3)12-8-13(16)18(17-12)9-10-6-4-5-7-11(10)15/h4-8H,9H2,1-3H3. The fraction of sp³-hybridized carbons (Fsp3) is 0.357. The van der Waals surface area contributed by atoms with Crippen LogP contribution >= 0.6 is 27.5 Å². The van der Waals surface area contributed by atoms with Gasteiger partial charge in [0.2, 0.25) is 0 Å². The van der Waals surface area contributed by atoms with Crippen LogP contribution in [0.25, 0.3) is 0 Å². The van der Waals surface area contributed by atoms with Crippen LogP contribution in [0.3, 0.4) is 0 Å². The Hall–Kier alpha value is -0.800. The first kappa shape index (κ1) is 13.6. The Morgan fingerprint density at radius 2 is 1.94 bits per heavy atom. The Labute approximate surface area is 121 Å². The lowest BCUT2D eigenvalue weighted by Crippen LogP contribution is -2.13. The van der Waals surface area contributed by atoms with Gasteiger partial charge in [-0.2, -0.15) is 5.10 Å². The van der Waals surface area contributed by atoms with Crippen LogP contribution in [-0.2, 0) is 12.0 Å². The first-order valence-corrected chi connectivity index (χ1v) is 7.02. The highest BCUT2D eigenvalue weighted by Gasteiger charge is 2.19. The second kappa shape index (κ2) is 5.06. The van der Waals surface area contributed by atoms with Gasteiger partial charge in [0.1, 0.15) is 5.15 Å². The Morgan fingerprint density at radius 3 is 2.50 bits per heavy atom. The van der Waals surface area contributed by atoms with Crippen molar-refractivity contribution < 1.29 is 0 Å². The molecule has 96 valence electrons. The summed E-state index contributed by atoms with van der Waals surface area (Å²) in [5.74, 6) is 0. The van der Waals surface area contributed by atoms with Crippen LogP contribution in [0.2, 0.25) is 5.15 Å². The molecule has 4 heteroatoms. The molecule has 0 atom stereocenters. The van der Waals surface area contributed by atoms with E-state index >= 15 is 0 Å². The third-order valence-electron chi connectivity index (χ3n) is 2.78. The SMILES string of the molecule is CC(C)(C)c1cc(Cl)n(Cc2ccccc2Br)n1. The second-order valence-electron chi connectivity index (χ2n) is 5.35. The Bertz CT molecular complexity index is 555. The van der Waals surface area contributed by atoms with Gasteiger partial charge in [0.05, 0.1) is 12.2 Å². The first-order chi connectivity index (χ1) is 8.38. The summed E-state index contributed by atoms with van der Waals surface area (Å²) in [6.07, 6.45) is 0. The third kappa shape index (κ3) is 2.96. The molecule has 0 radical (unpaired) electrons. The Morgan fingerprint density at radius 1 is 1.28 bits per heavy atom. The number of rotatable bonds is 2. The minimum atomic E-state index is 0.0167. The molecule has 2 aromatic rings. The van der Waals surface area contributed by atoms with E-state index in [1.807, 2.05) is 28.9 Å². The average molecular weight is 328 g/mol. The van der Waals surface area contributed by atoms with Crippen molar-refractivity contribution in [3.05, 3.63) is 51.2 Å². The maximum Gasteiger partial charge on any atom is 0.127 e. The molecule has 1 heterocycles. The summed E-state index contributed by atoms with van der Waals surface area (Å²) in [6.45, 7) is 7.08. The normalized spacial score (nSPS) is 11.8. The number of nitrogens with zero attached hydrogens (tertiary/aromatic N) is 2. The van der Waals surface area contributed by atoms with Crippen molar-refractivity contribution in [2.45, 2.75) is 32.7 Å². The monoisotopic (exact) mass is 326 g/mol. The van der Waals surface area contributed by atoms with E-state index in [0.29, 0.717) is 11.7 Å². The number of aromatic nitrogens is 2. The summed E-state index contributed by atoms with van der Waals surface area (Å²) in [5, 5.41) is 5.26. The fourth-order valence-corrected chi connectivity index (χ4v) is 2.27. The molecular weight excluding hydrogens is 312 g/mol. The highest BCUT2D eigenvalue weighted by molar-refractivity contribution is 9.10. The van der Waals surface area contributed by atoms with Crippen molar-refractivity contribution in [3.63, 3.8) is 0 Å². The zero-order chi connectivity index (χ0) is 13.3. The molecule has 0 fully saturated rings. The number of benzene rings is 1. The largest absolute Gasteiger partial charge is 0.249 e. The van der Waals surface area contributed by atoms with Gasteiger partial charge in [-0.25, -0.2) is 4.68 Å². The smallest absolute Gasteiger partial charge is 0.127 e. The summed E-state index contributed by atoms with van der Waals surface area (Å²) in [5.41, 5.74) is 2.20. The van der Waals surface area contributed by atoms with E-state index in [0.717, 1.165) is 10.2 Å². The van der Waals surface area contributed by atoms with Crippen molar-refractivity contribution in [1.82, 2.24) is 9.78 Å². The maximum atomic E-state index is 6.24. The van der Waals surface area contributed by atoms with Crippen LogP contribution < -0.4 is 0 Å². The molecule has 0 N–H and O–H groups in total. The third-order valence-corrected chi connectivity index (χ3v) is 3.86. The average Bonchev–Trinajstić information content (AvgIpc) is 2.63. The van der Waals surface area contributed by atoms with E-state index in [1.54, 1.807) is 0 Å². The number of halogens is 2. The minimum absolute atomic E-state index is 0.0167. The molecule has 0 bridgehead atoms. The van der Waals surface area contributed by atoms with Crippen LogP contribution in [0.5, 0.6) is 0 Å². The molecule has 1 aromatic heterocycles. The Kier molecular flexibility index (Phi) is 3.83. The van der Waals surface area contributed by atoms with Crippen molar-refractivity contribution in [2.75, 3.05) is 0 Å². The summed E-state index contributed by atoms with van der Waals surface area (Å²) >= 11 is 9.78.